The van der Waals surface area contributed by atoms with Gasteiger partial charge in [0.2, 0.25) is 11.8 Å². The number of alkyl halides is 6. The van der Waals surface area contributed by atoms with Crippen LogP contribution in [0.1, 0.15) is 22.3 Å². The largest absolute Gasteiger partial charge is 0.416 e. The van der Waals surface area contributed by atoms with Gasteiger partial charge in [0.05, 0.1) is 16.7 Å². The zero-order valence-electron chi connectivity index (χ0n) is 21.6. The van der Waals surface area contributed by atoms with E-state index in [-0.39, 0.29) is 23.5 Å². The molecular weight excluding hydrogens is 528 g/mol. The first-order valence-electron chi connectivity index (χ1n) is 11.7. The number of rotatable bonds is 8. The van der Waals surface area contributed by atoms with Crippen LogP contribution in [0, 0.1) is 6.92 Å². The summed E-state index contributed by atoms with van der Waals surface area (Å²) < 4.78 is 84.9. The van der Waals surface area contributed by atoms with Gasteiger partial charge in [0.1, 0.15) is 0 Å². The lowest BCUT2D eigenvalue weighted by molar-refractivity contribution is -0.143. The van der Waals surface area contributed by atoms with Crippen LogP contribution in [0.4, 0.5) is 37.1 Å². The molecule has 0 fully saturated rings. The lowest BCUT2D eigenvalue weighted by Gasteiger charge is -2.20. The number of aromatic nitrogens is 2. The molecule has 0 aliphatic rings. The zero-order chi connectivity index (χ0) is 29.0. The van der Waals surface area contributed by atoms with Gasteiger partial charge >= 0.3 is 18.4 Å². The minimum Gasteiger partial charge on any atom is -0.390 e. The van der Waals surface area contributed by atoms with Gasteiger partial charge in [-0.25, -0.2) is 9.78 Å². The van der Waals surface area contributed by atoms with Gasteiger partial charge in [0, 0.05) is 32.9 Å². The van der Waals surface area contributed by atoms with Crippen molar-refractivity contribution in [2.24, 2.45) is 0 Å². The van der Waals surface area contributed by atoms with E-state index < -0.39 is 36.1 Å². The van der Waals surface area contributed by atoms with E-state index in [2.05, 4.69) is 15.3 Å². The first kappa shape index (κ1) is 29.7. The van der Waals surface area contributed by atoms with Crippen molar-refractivity contribution in [2.75, 3.05) is 39.5 Å². The highest BCUT2D eigenvalue weighted by atomic mass is 19.4. The second-order valence-electron chi connectivity index (χ2n) is 9.10. The Morgan fingerprint density at radius 3 is 2.13 bits per heavy atom. The number of halogens is 6. The number of amides is 1. The summed E-state index contributed by atoms with van der Waals surface area (Å²) in [7, 11) is 4.96. The van der Waals surface area contributed by atoms with Gasteiger partial charge in [-0.15, -0.1) is 0 Å². The van der Waals surface area contributed by atoms with Gasteiger partial charge in [-0.05, 0) is 55.9 Å². The van der Waals surface area contributed by atoms with Crippen molar-refractivity contribution in [1.29, 1.82) is 0 Å². The van der Waals surface area contributed by atoms with Gasteiger partial charge < -0.3 is 19.9 Å². The summed E-state index contributed by atoms with van der Waals surface area (Å²) in [5.74, 6) is 0.0517. The Bertz CT molecular complexity index is 1280. The van der Waals surface area contributed by atoms with E-state index in [9.17, 15) is 31.1 Å². The summed E-state index contributed by atoms with van der Waals surface area (Å²) in [5.41, 5.74) is -1.42. The first-order chi connectivity index (χ1) is 18.1. The Morgan fingerprint density at radius 1 is 0.949 bits per heavy atom. The van der Waals surface area contributed by atoms with Gasteiger partial charge in [-0.1, -0.05) is 24.3 Å². The van der Waals surface area contributed by atoms with E-state index in [1.165, 1.54) is 13.2 Å². The molecule has 3 rings (SSSR count). The van der Waals surface area contributed by atoms with E-state index in [0.717, 1.165) is 10.5 Å². The molecule has 210 valence electrons. The number of hydrogen-bond donors (Lipinski definition) is 1. The number of hydrogen-bond acceptors (Lipinski definition) is 6. The third kappa shape index (κ3) is 8.06. The van der Waals surface area contributed by atoms with Crippen LogP contribution in [-0.2, 0) is 18.9 Å². The zero-order valence-corrected chi connectivity index (χ0v) is 21.6. The lowest BCUT2D eigenvalue weighted by Crippen LogP contribution is -2.30. The topological polar surface area (TPSA) is 70.6 Å². The van der Waals surface area contributed by atoms with Crippen molar-refractivity contribution < 1.29 is 35.9 Å². The first-order valence-corrected chi connectivity index (χ1v) is 11.7. The Kier molecular flexibility index (Phi) is 9.05. The number of nitrogens with zero attached hydrogens (tertiary/aromatic N) is 4. The average Bonchev–Trinajstić information content (AvgIpc) is 2.83. The van der Waals surface area contributed by atoms with E-state index in [4.69, 9.17) is 4.74 Å². The highest BCUT2D eigenvalue weighted by Gasteiger charge is 2.37. The molecule has 0 spiro atoms. The molecule has 0 unspecified atom stereocenters. The second kappa shape index (κ2) is 11.9. The number of likely N-dealkylation sites (N-methyl/N-ethyl adjacent to an activating group) is 1. The molecule has 0 bridgehead atoms. The van der Waals surface area contributed by atoms with Gasteiger partial charge in [-0.3, -0.25) is 0 Å². The van der Waals surface area contributed by atoms with Crippen molar-refractivity contribution in [3.63, 3.8) is 0 Å². The molecule has 13 heteroatoms. The summed E-state index contributed by atoms with van der Waals surface area (Å²) >= 11 is 0. The molecule has 39 heavy (non-hydrogen) atoms. The molecule has 0 saturated heterocycles. The second-order valence-corrected chi connectivity index (χ2v) is 9.10. The standard InChI is InChI=1S/C26H27F6N5O2/c1-16-7-5-6-8-20(16)21-14-34-23(33-9-10-36(2)3)35-22(21)39-24(38)37(4)15-17-11-18(25(27,28)29)13-19(12-17)26(30,31)32/h5-8,11-14H,9-10,15H2,1-4H3,(H,33,34,35). The van der Waals surface area contributed by atoms with Crippen LogP contribution >= 0.6 is 0 Å². The molecule has 0 saturated carbocycles. The molecule has 0 atom stereocenters. The maximum atomic E-state index is 13.2. The fraction of sp³-hybridized carbons (Fsp3) is 0.346. The van der Waals surface area contributed by atoms with Crippen LogP contribution in [-0.4, -0.2) is 60.1 Å². The van der Waals surface area contributed by atoms with Crippen LogP contribution in [0.25, 0.3) is 11.1 Å². The number of anilines is 1. The van der Waals surface area contributed by atoms with Crippen molar-refractivity contribution >= 4 is 12.0 Å². The summed E-state index contributed by atoms with van der Waals surface area (Å²) in [6.07, 6.45) is -9.57. The predicted molar refractivity (Wildman–Crippen MR) is 133 cm³/mol. The minimum atomic E-state index is -5.01. The number of benzene rings is 2. The molecule has 0 aliphatic heterocycles. The normalized spacial score (nSPS) is 12.0. The SMILES string of the molecule is Cc1ccccc1-c1cnc(NCCN(C)C)nc1OC(=O)N(C)Cc1cc(C(F)(F)F)cc(C(F)(F)F)c1. The summed E-state index contributed by atoms with van der Waals surface area (Å²) in [6.45, 7) is 2.41. The van der Waals surface area contributed by atoms with Gasteiger partial charge in [0.25, 0.3) is 0 Å². The molecule has 3 aromatic rings. The molecule has 2 aromatic carbocycles. The maximum Gasteiger partial charge on any atom is 0.416 e. The van der Waals surface area contributed by atoms with Crippen LogP contribution in [0.2, 0.25) is 0 Å². The number of aryl methyl sites for hydroxylation is 1. The Labute approximate surface area is 221 Å². The third-order valence-electron chi connectivity index (χ3n) is 5.59. The Hall–Kier alpha value is -3.87. The smallest absolute Gasteiger partial charge is 0.390 e. The Balaban J connectivity index is 1.90. The van der Waals surface area contributed by atoms with Crippen molar-refractivity contribution in [3.8, 4) is 17.0 Å². The third-order valence-corrected chi connectivity index (χ3v) is 5.59. The van der Waals surface area contributed by atoms with E-state index in [0.29, 0.717) is 36.3 Å². The number of ether oxygens (including phenoxy) is 1. The van der Waals surface area contributed by atoms with Crippen molar-refractivity contribution in [1.82, 2.24) is 19.8 Å². The summed E-state index contributed by atoms with van der Waals surface area (Å²) in [4.78, 5) is 24.3. The number of carbonyl (C=O) groups excluding carboxylic acids is 1. The van der Waals surface area contributed by atoms with Gasteiger partial charge in [0.15, 0.2) is 0 Å². The van der Waals surface area contributed by atoms with E-state index >= 15 is 0 Å². The van der Waals surface area contributed by atoms with Gasteiger partial charge in [-0.2, -0.15) is 31.3 Å². The highest BCUT2D eigenvalue weighted by Crippen LogP contribution is 2.37. The van der Waals surface area contributed by atoms with Crippen molar-refractivity contribution in [3.05, 3.63) is 70.9 Å². The fourth-order valence-electron chi connectivity index (χ4n) is 3.59. The van der Waals surface area contributed by atoms with Crippen LogP contribution in [0.3, 0.4) is 0 Å². The van der Waals surface area contributed by atoms with Crippen molar-refractivity contribution in [2.45, 2.75) is 25.8 Å². The van der Waals surface area contributed by atoms with E-state index in [1.807, 2.05) is 38.1 Å². The maximum absolute atomic E-state index is 13.2. The predicted octanol–water partition coefficient (Wildman–Crippen LogP) is 6.09. The van der Waals surface area contributed by atoms with Crippen LogP contribution < -0.4 is 10.1 Å². The molecule has 1 aromatic heterocycles. The van der Waals surface area contributed by atoms with Crippen LogP contribution in [0.5, 0.6) is 5.88 Å². The molecule has 0 radical (unpaired) electrons. The van der Waals surface area contributed by atoms with Crippen LogP contribution in [0.15, 0.2) is 48.7 Å². The lowest BCUT2D eigenvalue weighted by atomic mass is 10.0. The summed E-state index contributed by atoms with van der Waals surface area (Å²) in [6, 6.07) is 8.36. The number of carbonyl (C=O) groups is 1. The fourth-order valence-corrected chi connectivity index (χ4v) is 3.59. The molecule has 1 N–H and O–H groups in total. The molecule has 1 amide bonds. The molecule has 7 nitrogen and oxygen atoms in total. The molecule has 1 heterocycles. The monoisotopic (exact) mass is 555 g/mol. The molecular formula is C26H27F6N5O2. The molecule has 0 aliphatic carbocycles. The highest BCUT2D eigenvalue weighted by molar-refractivity contribution is 5.77. The quantitative estimate of drug-likeness (QED) is 0.339. The number of nitrogens with one attached hydrogen (secondary N) is 1. The minimum absolute atomic E-state index is 0.0298. The van der Waals surface area contributed by atoms with E-state index in [1.54, 1.807) is 12.1 Å². The summed E-state index contributed by atoms with van der Waals surface area (Å²) in [5, 5.41) is 3.01. The Morgan fingerprint density at radius 2 is 1.56 bits per heavy atom. The average molecular weight is 556 g/mol.